The maximum Gasteiger partial charge on any atom is 0.416 e. The highest BCUT2D eigenvalue weighted by Crippen LogP contribution is 2.35. The Morgan fingerprint density at radius 3 is 2.50 bits per heavy atom. The van der Waals surface area contributed by atoms with E-state index in [1.54, 1.807) is 19.2 Å². The molecule has 0 aromatic heterocycles. The van der Waals surface area contributed by atoms with Crippen LogP contribution in [0.5, 0.6) is 0 Å². The molecule has 0 bridgehead atoms. The van der Waals surface area contributed by atoms with E-state index < -0.39 is 23.6 Å². The van der Waals surface area contributed by atoms with Gasteiger partial charge in [0.2, 0.25) is 5.91 Å². The molecule has 2 heterocycles. The van der Waals surface area contributed by atoms with Crippen molar-refractivity contribution < 1.29 is 27.5 Å². The number of rotatable bonds is 9. The summed E-state index contributed by atoms with van der Waals surface area (Å²) in [6.45, 7) is 6.86. The molecule has 2 aromatic rings. The number of methoxy groups -OCH3 is 1. The zero-order chi connectivity index (χ0) is 29.0. The van der Waals surface area contributed by atoms with Crippen LogP contribution in [0, 0.1) is 0 Å². The number of nitrogens with zero attached hydrogens (tertiary/aromatic N) is 3. The van der Waals surface area contributed by atoms with Gasteiger partial charge in [-0.25, -0.2) is 0 Å². The number of likely N-dealkylation sites (N-methyl/N-ethyl adjacent to an activating group) is 1. The highest BCUT2D eigenvalue weighted by Gasteiger charge is 2.34. The molecule has 1 saturated heterocycles. The third kappa shape index (κ3) is 7.39. The number of hydrogen-bond acceptors (Lipinski definition) is 6. The summed E-state index contributed by atoms with van der Waals surface area (Å²) in [7, 11) is 3.57. The maximum absolute atomic E-state index is 14.0. The van der Waals surface area contributed by atoms with Crippen LogP contribution in [0.3, 0.4) is 0 Å². The zero-order valence-corrected chi connectivity index (χ0v) is 23.3. The molecule has 11 heteroatoms. The smallest absolute Gasteiger partial charge is 0.383 e. The molecule has 3 N–H and O–H groups in total. The maximum atomic E-state index is 14.0. The molecule has 1 unspecified atom stereocenters. The second-order valence-corrected chi connectivity index (χ2v) is 10.9. The lowest BCUT2D eigenvalue weighted by molar-refractivity contribution is -0.138. The number of carbonyl (C=O) groups excluding carboxylic acids is 2. The summed E-state index contributed by atoms with van der Waals surface area (Å²) >= 11 is 0. The van der Waals surface area contributed by atoms with Crippen LogP contribution in [0.25, 0.3) is 0 Å². The number of amides is 2. The van der Waals surface area contributed by atoms with Crippen molar-refractivity contribution in [2.75, 3.05) is 58.8 Å². The first-order valence-electron chi connectivity index (χ1n) is 13.5. The van der Waals surface area contributed by atoms with Gasteiger partial charge in [0.05, 0.1) is 12.2 Å². The Kier molecular flexibility index (Phi) is 9.50. The molecular formula is C29H38F3N5O3. The van der Waals surface area contributed by atoms with E-state index in [0.29, 0.717) is 38.3 Å². The molecule has 218 valence electrons. The minimum Gasteiger partial charge on any atom is -0.383 e. The first kappa shape index (κ1) is 30.0. The van der Waals surface area contributed by atoms with E-state index in [9.17, 15) is 22.8 Å². The molecule has 4 rings (SSSR count). The first-order chi connectivity index (χ1) is 18.9. The number of benzene rings is 2. The van der Waals surface area contributed by atoms with E-state index in [-0.39, 0.29) is 36.2 Å². The van der Waals surface area contributed by atoms with Gasteiger partial charge >= 0.3 is 6.18 Å². The van der Waals surface area contributed by atoms with Gasteiger partial charge in [0.25, 0.3) is 5.91 Å². The number of anilines is 1. The Morgan fingerprint density at radius 1 is 1.12 bits per heavy atom. The van der Waals surface area contributed by atoms with Gasteiger partial charge < -0.3 is 20.7 Å². The molecule has 0 saturated carbocycles. The van der Waals surface area contributed by atoms with Crippen molar-refractivity contribution in [1.29, 1.82) is 0 Å². The van der Waals surface area contributed by atoms with E-state index in [2.05, 4.69) is 22.0 Å². The third-order valence-electron chi connectivity index (χ3n) is 7.79. The Hall–Kier alpha value is -2.99. The number of fused-ring (bicyclic) bond motifs is 1. The number of primary amides is 1. The van der Waals surface area contributed by atoms with Gasteiger partial charge in [-0.15, -0.1) is 0 Å². The number of nitrogens with one attached hydrogen (secondary N) is 1. The van der Waals surface area contributed by atoms with E-state index in [4.69, 9.17) is 10.5 Å². The predicted molar refractivity (Wildman–Crippen MR) is 147 cm³/mol. The number of carbonyl (C=O) groups is 2. The Labute approximate surface area is 233 Å². The highest BCUT2D eigenvalue weighted by molar-refractivity contribution is 6.04. The quantitative estimate of drug-likeness (QED) is 0.487. The molecule has 40 heavy (non-hydrogen) atoms. The second-order valence-electron chi connectivity index (χ2n) is 10.9. The minimum atomic E-state index is -4.54. The molecule has 2 amide bonds. The summed E-state index contributed by atoms with van der Waals surface area (Å²) in [5.74, 6) is -0.755. The van der Waals surface area contributed by atoms with Gasteiger partial charge in [0.1, 0.15) is 0 Å². The summed E-state index contributed by atoms with van der Waals surface area (Å²) in [6.07, 6.45) is -4.39. The number of alkyl halides is 3. The van der Waals surface area contributed by atoms with Crippen molar-refractivity contribution in [1.82, 2.24) is 14.7 Å². The van der Waals surface area contributed by atoms with Crippen molar-refractivity contribution in [2.45, 2.75) is 44.6 Å². The van der Waals surface area contributed by atoms with Crippen LogP contribution in [0.1, 0.15) is 51.9 Å². The number of ether oxygens (including phenoxy) is 1. The van der Waals surface area contributed by atoms with E-state index >= 15 is 0 Å². The Morgan fingerprint density at radius 2 is 1.85 bits per heavy atom. The Bertz CT molecular complexity index is 1210. The highest BCUT2D eigenvalue weighted by atomic mass is 19.4. The van der Waals surface area contributed by atoms with Gasteiger partial charge in [0.15, 0.2) is 0 Å². The third-order valence-corrected chi connectivity index (χ3v) is 7.79. The fraction of sp³-hybridized carbons (Fsp3) is 0.517. The fourth-order valence-electron chi connectivity index (χ4n) is 5.60. The summed E-state index contributed by atoms with van der Waals surface area (Å²) < 4.78 is 47.3. The lowest BCUT2D eigenvalue weighted by Crippen LogP contribution is -2.44. The fourth-order valence-corrected chi connectivity index (χ4v) is 5.60. The van der Waals surface area contributed by atoms with Crippen LogP contribution in [0.2, 0.25) is 0 Å². The molecule has 0 aliphatic carbocycles. The molecule has 8 nitrogen and oxygen atoms in total. The summed E-state index contributed by atoms with van der Waals surface area (Å²) in [5.41, 5.74) is 7.36. The predicted octanol–water partition coefficient (Wildman–Crippen LogP) is 3.51. The SMILES string of the molecule is COCC(CC(N)=O)N1Cc2cc(C(=O)Nc3ccc(CN4CCN(C)CC4)c(C(F)(F)F)c3)ccc2[C@@H](C)C1. The molecule has 0 radical (unpaired) electrons. The largest absolute Gasteiger partial charge is 0.416 e. The molecule has 2 atom stereocenters. The standard InChI is InChI=1S/C29H38F3N5O3/c1-19-15-37(24(18-40-3)14-27(33)38)17-22-12-20(5-7-25(19)22)28(39)34-23-6-4-21(26(13-23)29(30,31)32)16-36-10-8-35(2)9-11-36/h4-7,12-13,19,24H,8-11,14-18H2,1-3H3,(H2,33,38)(H,34,39)/t19-,24?/m0/s1. The van der Waals surface area contributed by atoms with Gasteiger partial charge in [-0.1, -0.05) is 19.1 Å². The van der Waals surface area contributed by atoms with Crippen LogP contribution in [-0.2, 0) is 28.8 Å². The van der Waals surface area contributed by atoms with Crippen molar-refractivity contribution in [3.8, 4) is 0 Å². The monoisotopic (exact) mass is 561 g/mol. The molecule has 2 aliphatic heterocycles. The molecule has 0 spiro atoms. The van der Waals surface area contributed by atoms with E-state index in [0.717, 1.165) is 30.3 Å². The lowest BCUT2D eigenvalue weighted by atomic mass is 9.88. The molecule has 2 aromatic carbocycles. The van der Waals surface area contributed by atoms with E-state index in [1.807, 2.05) is 18.0 Å². The van der Waals surface area contributed by atoms with Gasteiger partial charge in [0, 0.05) is 76.6 Å². The average Bonchev–Trinajstić information content (AvgIpc) is 2.89. The molecule has 1 fully saturated rings. The van der Waals surface area contributed by atoms with Crippen molar-refractivity contribution in [3.05, 3.63) is 64.2 Å². The van der Waals surface area contributed by atoms with E-state index in [1.165, 1.54) is 12.1 Å². The number of piperazine rings is 1. The zero-order valence-electron chi connectivity index (χ0n) is 23.3. The lowest BCUT2D eigenvalue weighted by Gasteiger charge is -2.38. The normalized spacial score (nSPS) is 19.7. The Balaban J connectivity index is 1.51. The molecular weight excluding hydrogens is 523 g/mol. The van der Waals surface area contributed by atoms with Crippen molar-refractivity contribution >= 4 is 17.5 Å². The second kappa shape index (κ2) is 12.7. The minimum absolute atomic E-state index is 0.0915. The van der Waals surface area contributed by atoms with Gasteiger partial charge in [-0.05, 0) is 53.9 Å². The number of nitrogens with two attached hydrogens (primary N) is 1. The van der Waals surface area contributed by atoms with Crippen LogP contribution < -0.4 is 11.1 Å². The number of hydrogen-bond donors (Lipinski definition) is 2. The molecule has 2 aliphatic rings. The van der Waals surface area contributed by atoms with Crippen LogP contribution in [0.15, 0.2) is 36.4 Å². The van der Waals surface area contributed by atoms with Crippen molar-refractivity contribution in [2.24, 2.45) is 5.73 Å². The topological polar surface area (TPSA) is 91.1 Å². The number of halogens is 3. The summed E-state index contributed by atoms with van der Waals surface area (Å²) in [5, 5.41) is 2.65. The van der Waals surface area contributed by atoms with Crippen molar-refractivity contribution in [3.63, 3.8) is 0 Å². The van der Waals surface area contributed by atoms with Crippen LogP contribution in [0.4, 0.5) is 18.9 Å². The van der Waals surface area contributed by atoms with Gasteiger partial charge in [-0.2, -0.15) is 13.2 Å². The van der Waals surface area contributed by atoms with Crippen LogP contribution >= 0.6 is 0 Å². The van der Waals surface area contributed by atoms with Gasteiger partial charge in [-0.3, -0.25) is 19.4 Å². The summed E-state index contributed by atoms with van der Waals surface area (Å²) in [4.78, 5) is 31.0. The van der Waals surface area contributed by atoms with Crippen LogP contribution in [-0.4, -0.2) is 86.0 Å². The average molecular weight is 562 g/mol. The first-order valence-corrected chi connectivity index (χ1v) is 13.5. The summed E-state index contributed by atoms with van der Waals surface area (Å²) in [6, 6.07) is 9.17.